The predicted molar refractivity (Wildman–Crippen MR) is 90.0 cm³/mol. The van der Waals surface area contributed by atoms with E-state index in [1.165, 1.54) is 12.8 Å². The van der Waals surface area contributed by atoms with Crippen LogP contribution >= 0.6 is 11.6 Å². The Labute approximate surface area is 134 Å². The lowest BCUT2D eigenvalue weighted by Crippen LogP contribution is -2.46. The molecule has 0 amide bonds. The molecule has 1 aliphatic carbocycles. The van der Waals surface area contributed by atoms with Crippen LogP contribution < -0.4 is 10.5 Å². The van der Waals surface area contributed by atoms with Gasteiger partial charge in [0.1, 0.15) is 11.9 Å². The molecule has 3 unspecified atom stereocenters. The van der Waals surface area contributed by atoms with Gasteiger partial charge in [-0.25, -0.2) is 0 Å². The molecule has 2 nitrogen and oxygen atoms in total. The summed E-state index contributed by atoms with van der Waals surface area (Å²) >= 11 is 6.08. The molecular formula is C18H28ClNO. The third-order valence-corrected chi connectivity index (χ3v) is 5.52. The van der Waals surface area contributed by atoms with Crippen molar-refractivity contribution >= 4 is 11.6 Å². The van der Waals surface area contributed by atoms with Crippen LogP contribution in [0, 0.1) is 18.3 Å². The Balaban J connectivity index is 2.12. The van der Waals surface area contributed by atoms with Crippen molar-refractivity contribution in [1.29, 1.82) is 0 Å². The lowest BCUT2D eigenvalue weighted by molar-refractivity contribution is 0.0498. The first kappa shape index (κ1) is 16.6. The number of nitrogens with two attached hydrogens (primary N) is 1. The zero-order chi connectivity index (χ0) is 15.6. The fourth-order valence-electron chi connectivity index (χ4n) is 3.15. The number of ether oxygens (including phenoxy) is 1. The SMILES string of the molecule is CCC(C)(C)C1CCC(N)C(Oc2cc(Cl)ccc2C)C1. The molecule has 1 aromatic carbocycles. The molecule has 1 aliphatic rings. The molecule has 21 heavy (non-hydrogen) atoms. The first-order valence-corrected chi connectivity index (χ1v) is 8.39. The second kappa shape index (κ2) is 6.58. The van der Waals surface area contributed by atoms with Crippen LogP contribution in [-0.4, -0.2) is 12.1 Å². The quantitative estimate of drug-likeness (QED) is 0.853. The number of hydrogen-bond donors (Lipinski definition) is 1. The van der Waals surface area contributed by atoms with Gasteiger partial charge in [-0.05, 0) is 55.2 Å². The highest BCUT2D eigenvalue weighted by Gasteiger charge is 2.37. The largest absolute Gasteiger partial charge is 0.488 e. The number of hydrogen-bond acceptors (Lipinski definition) is 2. The van der Waals surface area contributed by atoms with Crippen molar-refractivity contribution in [3.63, 3.8) is 0 Å². The van der Waals surface area contributed by atoms with Crippen molar-refractivity contribution < 1.29 is 4.74 Å². The molecule has 0 radical (unpaired) electrons. The van der Waals surface area contributed by atoms with Crippen LogP contribution in [0.4, 0.5) is 0 Å². The predicted octanol–water partition coefficient (Wildman–Crippen LogP) is 4.96. The molecule has 3 atom stereocenters. The zero-order valence-corrected chi connectivity index (χ0v) is 14.4. The second-order valence-corrected chi connectivity index (χ2v) is 7.52. The summed E-state index contributed by atoms with van der Waals surface area (Å²) < 4.78 is 6.24. The van der Waals surface area contributed by atoms with Crippen LogP contribution in [0.2, 0.25) is 5.02 Å². The van der Waals surface area contributed by atoms with Crippen LogP contribution in [0.25, 0.3) is 0 Å². The van der Waals surface area contributed by atoms with Crippen LogP contribution in [0.1, 0.15) is 52.0 Å². The molecule has 2 N–H and O–H groups in total. The van der Waals surface area contributed by atoms with Crippen molar-refractivity contribution in [2.24, 2.45) is 17.1 Å². The first-order valence-electron chi connectivity index (χ1n) is 8.02. The van der Waals surface area contributed by atoms with E-state index in [1.54, 1.807) is 0 Å². The van der Waals surface area contributed by atoms with Gasteiger partial charge in [0.25, 0.3) is 0 Å². The van der Waals surface area contributed by atoms with E-state index in [2.05, 4.69) is 20.8 Å². The van der Waals surface area contributed by atoms with E-state index in [-0.39, 0.29) is 12.1 Å². The van der Waals surface area contributed by atoms with Crippen molar-refractivity contribution in [2.75, 3.05) is 0 Å². The van der Waals surface area contributed by atoms with Gasteiger partial charge in [-0.15, -0.1) is 0 Å². The Bertz CT molecular complexity index is 486. The molecule has 0 aliphatic heterocycles. The Morgan fingerprint density at radius 1 is 1.33 bits per heavy atom. The fourth-order valence-corrected chi connectivity index (χ4v) is 3.31. The molecule has 0 saturated heterocycles. The third-order valence-electron chi connectivity index (χ3n) is 5.29. The Kier molecular flexibility index (Phi) is 5.21. The average molecular weight is 310 g/mol. The minimum atomic E-state index is 0.0896. The lowest BCUT2D eigenvalue weighted by atomic mass is 9.68. The average Bonchev–Trinajstić information content (AvgIpc) is 2.45. The molecule has 0 bridgehead atoms. The normalized spacial score (nSPS) is 26.7. The van der Waals surface area contributed by atoms with Gasteiger partial charge < -0.3 is 10.5 Å². The molecule has 1 aromatic rings. The van der Waals surface area contributed by atoms with E-state index in [1.807, 2.05) is 25.1 Å². The summed E-state index contributed by atoms with van der Waals surface area (Å²) in [7, 11) is 0. The highest BCUT2D eigenvalue weighted by Crippen LogP contribution is 2.41. The molecule has 1 saturated carbocycles. The van der Waals surface area contributed by atoms with Crippen LogP contribution in [0.3, 0.4) is 0 Å². The summed E-state index contributed by atoms with van der Waals surface area (Å²) in [4.78, 5) is 0. The Morgan fingerprint density at radius 2 is 2.05 bits per heavy atom. The lowest BCUT2D eigenvalue weighted by Gasteiger charge is -2.42. The number of halogens is 1. The summed E-state index contributed by atoms with van der Waals surface area (Å²) in [6, 6.07) is 5.91. The number of aryl methyl sites for hydroxylation is 1. The monoisotopic (exact) mass is 309 g/mol. The summed E-state index contributed by atoms with van der Waals surface area (Å²) in [6.45, 7) is 9.03. The first-order chi connectivity index (χ1) is 9.83. The van der Waals surface area contributed by atoms with E-state index >= 15 is 0 Å². The molecule has 1 fully saturated rings. The minimum absolute atomic E-state index is 0.0896. The van der Waals surface area contributed by atoms with Gasteiger partial charge in [0.05, 0.1) is 0 Å². The standard InChI is InChI=1S/C18H28ClNO/c1-5-18(3,4)13-7-9-15(20)17(10-13)21-16-11-14(19)8-6-12(16)2/h6,8,11,13,15,17H,5,7,9-10,20H2,1-4H3. The van der Waals surface area contributed by atoms with Crippen molar-refractivity contribution in [3.8, 4) is 5.75 Å². The van der Waals surface area contributed by atoms with Gasteiger partial charge in [-0.2, -0.15) is 0 Å². The highest BCUT2D eigenvalue weighted by molar-refractivity contribution is 6.30. The van der Waals surface area contributed by atoms with Gasteiger partial charge in [-0.3, -0.25) is 0 Å². The van der Waals surface area contributed by atoms with E-state index in [9.17, 15) is 0 Å². The number of rotatable bonds is 4. The highest BCUT2D eigenvalue weighted by atomic mass is 35.5. The molecular weight excluding hydrogens is 282 g/mol. The maximum absolute atomic E-state index is 6.30. The molecule has 0 aromatic heterocycles. The van der Waals surface area contributed by atoms with E-state index in [0.29, 0.717) is 16.4 Å². The van der Waals surface area contributed by atoms with Crippen LogP contribution in [-0.2, 0) is 0 Å². The molecule has 118 valence electrons. The molecule has 0 heterocycles. The topological polar surface area (TPSA) is 35.2 Å². The van der Waals surface area contributed by atoms with Crippen molar-refractivity contribution in [1.82, 2.24) is 0 Å². The minimum Gasteiger partial charge on any atom is -0.488 e. The molecule has 2 rings (SSSR count). The van der Waals surface area contributed by atoms with E-state index in [4.69, 9.17) is 22.1 Å². The molecule has 3 heteroatoms. The number of benzene rings is 1. The van der Waals surface area contributed by atoms with Gasteiger partial charge in [0.15, 0.2) is 0 Å². The van der Waals surface area contributed by atoms with E-state index < -0.39 is 0 Å². The van der Waals surface area contributed by atoms with Crippen molar-refractivity contribution in [2.45, 2.75) is 65.5 Å². The van der Waals surface area contributed by atoms with Gasteiger partial charge in [0.2, 0.25) is 0 Å². The van der Waals surface area contributed by atoms with Crippen molar-refractivity contribution in [3.05, 3.63) is 28.8 Å². The summed E-state index contributed by atoms with van der Waals surface area (Å²) in [5.41, 5.74) is 7.77. The summed E-state index contributed by atoms with van der Waals surface area (Å²) in [5, 5.41) is 0.713. The van der Waals surface area contributed by atoms with Gasteiger partial charge >= 0.3 is 0 Å². The Morgan fingerprint density at radius 3 is 2.71 bits per heavy atom. The van der Waals surface area contributed by atoms with Gasteiger partial charge in [-0.1, -0.05) is 44.9 Å². The van der Waals surface area contributed by atoms with Crippen LogP contribution in [0.5, 0.6) is 5.75 Å². The zero-order valence-electron chi connectivity index (χ0n) is 13.7. The maximum Gasteiger partial charge on any atom is 0.124 e. The fraction of sp³-hybridized carbons (Fsp3) is 0.667. The summed E-state index contributed by atoms with van der Waals surface area (Å²) in [5.74, 6) is 1.55. The smallest absolute Gasteiger partial charge is 0.124 e. The second-order valence-electron chi connectivity index (χ2n) is 7.08. The molecule has 0 spiro atoms. The Hall–Kier alpha value is -0.730. The van der Waals surface area contributed by atoms with E-state index in [0.717, 1.165) is 24.2 Å². The third kappa shape index (κ3) is 3.92. The maximum atomic E-state index is 6.30. The van der Waals surface area contributed by atoms with Crippen LogP contribution in [0.15, 0.2) is 18.2 Å². The summed E-state index contributed by atoms with van der Waals surface area (Å²) in [6.07, 6.45) is 4.56. The van der Waals surface area contributed by atoms with Gasteiger partial charge in [0, 0.05) is 11.1 Å².